The van der Waals surface area contributed by atoms with Crippen LogP contribution in [-0.2, 0) is 0 Å². The molecule has 0 spiro atoms. The maximum absolute atomic E-state index is 12.6. The number of rotatable bonds is 4. The molecule has 6 heteroatoms. The van der Waals surface area contributed by atoms with Crippen LogP contribution in [-0.4, -0.2) is 20.9 Å². The fourth-order valence-electron chi connectivity index (χ4n) is 3.23. The Morgan fingerprint density at radius 3 is 2.45 bits per heavy atom. The smallest absolute Gasteiger partial charge is 0.259 e. The Labute approximate surface area is 173 Å². The summed E-state index contributed by atoms with van der Waals surface area (Å²) >= 11 is 1.46. The third kappa shape index (κ3) is 4.22. The van der Waals surface area contributed by atoms with E-state index in [4.69, 9.17) is 4.98 Å². The van der Waals surface area contributed by atoms with Crippen LogP contribution in [0.5, 0.6) is 0 Å². The van der Waals surface area contributed by atoms with Gasteiger partial charge in [0.25, 0.3) is 5.91 Å². The molecule has 0 fully saturated rings. The van der Waals surface area contributed by atoms with Crippen molar-refractivity contribution in [1.29, 1.82) is 0 Å². The minimum Gasteiger partial charge on any atom is -0.298 e. The second-order valence-corrected chi connectivity index (χ2v) is 7.95. The second-order valence-electron chi connectivity index (χ2n) is 6.95. The zero-order valence-electron chi connectivity index (χ0n) is 16.4. The molecule has 3 heterocycles. The molecule has 0 aliphatic rings. The number of hydrogen-bond donors (Lipinski definition) is 1. The Morgan fingerprint density at radius 1 is 0.966 bits per heavy atom. The van der Waals surface area contributed by atoms with Crippen molar-refractivity contribution in [2.24, 2.45) is 0 Å². The molecule has 1 N–H and O–H groups in total. The van der Waals surface area contributed by atoms with Crippen LogP contribution in [0.3, 0.4) is 0 Å². The van der Waals surface area contributed by atoms with Crippen LogP contribution in [0.4, 0.5) is 5.13 Å². The standard InChI is InChI=1S/C23H20N4OS/c1-14-9-15(2)11-19(10-14)20-21(17-6-8-25-16(3)12-17)29-23(26-20)27-22(28)18-5-4-7-24-13-18/h4-13H,1-3H3,(H,26,27,28). The lowest BCUT2D eigenvalue weighted by Gasteiger charge is -2.06. The highest BCUT2D eigenvalue weighted by molar-refractivity contribution is 7.19. The van der Waals surface area contributed by atoms with E-state index in [1.54, 1.807) is 30.7 Å². The van der Waals surface area contributed by atoms with Crippen LogP contribution < -0.4 is 5.32 Å². The molecular weight excluding hydrogens is 380 g/mol. The van der Waals surface area contributed by atoms with Gasteiger partial charge in [-0.1, -0.05) is 28.5 Å². The molecule has 1 aromatic carbocycles. The summed E-state index contributed by atoms with van der Waals surface area (Å²) in [5, 5.41) is 3.47. The summed E-state index contributed by atoms with van der Waals surface area (Å²) in [7, 11) is 0. The first kappa shape index (κ1) is 19.0. The second kappa shape index (κ2) is 7.93. The Bertz CT molecular complexity index is 1160. The van der Waals surface area contributed by atoms with E-state index < -0.39 is 0 Å². The zero-order chi connectivity index (χ0) is 20.4. The first-order chi connectivity index (χ1) is 14.0. The molecule has 0 radical (unpaired) electrons. The molecule has 4 aromatic rings. The highest BCUT2D eigenvalue weighted by Gasteiger charge is 2.18. The predicted molar refractivity (Wildman–Crippen MR) is 117 cm³/mol. The lowest BCUT2D eigenvalue weighted by atomic mass is 10.0. The van der Waals surface area contributed by atoms with E-state index >= 15 is 0 Å². The first-order valence-electron chi connectivity index (χ1n) is 9.23. The Hall–Kier alpha value is -3.38. The van der Waals surface area contributed by atoms with Crippen molar-refractivity contribution in [1.82, 2.24) is 15.0 Å². The molecule has 29 heavy (non-hydrogen) atoms. The zero-order valence-corrected chi connectivity index (χ0v) is 17.2. The van der Waals surface area contributed by atoms with Gasteiger partial charge in [0.2, 0.25) is 0 Å². The van der Waals surface area contributed by atoms with Crippen molar-refractivity contribution in [3.63, 3.8) is 0 Å². The molecule has 5 nitrogen and oxygen atoms in total. The number of benzene rings is 1. The quantitative estimate of drug-likeness (QED) is 0.495. The number of carbonyl (C=O) groups excluding carboxylic acids is 1. The fraction of sp³-hybridized carbons (Fsp3) is 0.130. The summed E-state index contributed by atoms with van der Waals surface area (Å²) in [4.78, 5) is 26.7. The molecule has 144 valence electrons. The number of anilines is 1. The van der Waals surface area contributed by atoms with Crippen molar-refractivity contribution in [2.75, 3.05) is 5.32 Å². The predicted octanol–water partition coefficient (Wildman–Crippen LogP) is 5.44. The van der Waals surface area contributed by atoms with Crippen LogP contribution in [0.1, 0.15) is 27.2 Å². The lowest BCUT2D eigenvalue weighted by Crippen LogP contribution is -2.11. The van der Waals surface area contributed by atoms with Gasteiger partial charge in [-0.3, -0.25) is 20.1 Å². The van der Waals surface area contributed by atoms with Gasteiger partial charge in [-0.15, -0.1) is 0 Å². The minimum absolute atomic E-state index is 0.226. The monoisotopic (exact) mass is 400 g/mol. The number of nitrogens with one attached hydrogen (secondary N) is 1. The van der Waals surface area contributed by atoms with E-state index in [-0.39, 0.29) is 5.91 Å². The maximum atomic E-state index is 12.6. The van der Waals surface area contributed by atoms with Gasteiger partial charge in [0, 0.05) is 29.8 Å². The van der Waals surface area contributed by atoms with Gasteiger partial charge in [0.15, 0.2) is 5.13 Å². The number of hydrogen-bond acceptors (Lipinski definition) is 5. The van der Waals surface area contributed by atoms with E-state index in [2.05, 4.69) is 47.3 Å². The average Bonchev–Trinajstić information content (AvgIpc) is 3.12. The van der Waals surface area contributed by atoms with Gasteiger partial charge in [0.05, 0.1) is 16.1 Å². The van der Waals surface area contributed by atoms with E-state index in [1.165, 1.54) is 22.5 Å². The molecule has 0 unspecified atom stereocenters. The molecule has 0 aliphatic carbocycles. The molecule has 1 amide bonds. The largest absolute Gasteiger partial charge is 0.298 e. The average molecular weight is 401 g/mol. The number of aryl methyl sites for hydroxylation is 3. The van der Waals surface area contributed by atoms with Crippen molar-refractivity contribution in [2.45, 2.75) is 20.8 Å². The Balaban J connectivity index is 1.79. The van der Waals surface area contributed by atoms with Crippen LogP contribution in [0.15, 0.2) is 61.1 Å². The minimum atomic E-state index is -0.226. The topological polar surface area (TPSA) is 67.8 Å². The van der Waals surface area contributed by atoms with Crippen molar-refractivity contribution in [3.8, 4) is 21.7 Å². The van der Waals surface area contributed by atoms with Crippen LogP contribution >= 0.6 is 11.3 Å². The third-order valence-corrected chi connectivity index (χ3v) is 5.45. The molecule has 0 atom stereocenters. The van der Waals surface area contributed by atoms with E-state index in [0.717, 1.165) is 27.4 Å². The molecule has 4 rings (SSSR count). The van der Waals surface area contributed by atoms with Gasteiger partial charge >= 0.3 is 0 Å². The number of aromatic nitrogens is 3. The summed E-state index contributed by atoms with van der Waals surface area (Å²) < 4.78 is 0. The summed E-state index contributed by atoms with van der Waals surface area (Å²) in [5.41, 5.74) is 6.70. The fourth-order valence-corrected chi connectivity index (χ4v) is 4.21. The van der Waals surface area contributed by atoms with E-state index in [0.29, 0.717) is 10.7 Å². The van der Waals surface area contributed by atoms with Crippen LogP contribution in [0, 0.1) is 20.8 Å². The van der Waals surface area contributed by atoms with Gasteiger partial charge in [-0.25, -0.2) is 4.98 Å². The van der Waals surface area contributed by atoms with Crippen molar-refractivity contribution in [3.05, 3.63) is 83.4 Å². The van der Waals surface area contributed by atoms with Gasteiger partial charge in [0.1, 0.15) is 0 Å². The van der Waals surface area contributed by atoms with Crippen molar-refractivity contribution >= 4 is 22.4 Å². The summed E-state index contributed by atoms with van der Waals surface area (Å²) in [6.07, 6.45) is 4.98. The molecule has 0 bridgehead atoms. The van der Waals surface area contributed by atoms with Gasteiger partial charge in [-0.05, 0) is 62.7 Å². The molecule has 0 saturated heterocycles. The lowest BCUT2D eigenvalue weighted by molar-refractivity contribution is 0.102. The first-order valence-corrected chi connectivity index (χ1v) is 10.0. The summed E-state index contributed by atoms with van der Waals surface area (Å²) in [6, 6.07) is 13.8. The highest BCUT2D eigenvalue weighted by atomic mass is 32.1. The van der Waals surface area contributed by atoms with Crippen LogP contribution in [0.25, 0.3) is 21.7 Å². The highest BCUT2D eigenvalue weighted by Crippen LogP contribution is 2.39. The molecule has 0 saturated carbocycles. The number of carbonyl (C=O) groups is 1. The molecule has 0 aliphatic heterocycles. The number of thiazole rings is 1. The van der Waals surface area contributed by atoms with E-state index in [1.807, 2.05) is 19.1 Å². The maximum Gasteiger partial charge on any atom is 0.259 e. The number of pyridine rings is 2. The van der Waals surface area contributed by atoms with Gasteiger partial charge < -0.3 is 0 Å². The Morgan fingerprint density at radius 2 is 1.76 bits per heavy atom. The van der Waals surface area contributed by atoms with E-state index in [9.17, 15) is 4.79 Å². The summed E-state index contributed by atoms with van der Waals surface area (Å²) in [6.45, 7) is 6.11. The molecular formula is C23H20N4OS. The normalized spacial score (nSPS) is 10.7. The third-order valence-electron chi connectivity index (χ3n) is 4.43. The van der Waals surface area contributed by atoms with Crippen molar-refractivity contribution < 1.29 is 4.79 Å². The SMILES string of the molecule is Cc1cc(C)cc(-c2nc(NC(=O)c3cccnc3)sc2-c2ccnc(C)c2)c1. The molecule has 3 aromatic heterocycles. The van der Waals surface area contributed by atoms with Gasteiger partial charge in [-0.2, -0.15) is 0 Å². The van der Waals surface area contributed by atoms with Crippen LogP contribution in [0.2, 0.25) is 0 Å². The number of nitrogens with zero attached hydrogens (tertiary/aromatic N) is 3. The summed E-state index contributed by atoms with van der Waals surface area (Å²) in [5.74, 6) is -0.226. The Kier molecular flexibility index (Phi) is 5.18. The number of amides is 1.